The molecule has 2 aliphatic rings. The molecular weight excluding hydrogens is 513 g/mol. The molecule has 0 saturated carbocycles. The van der Waals surface area contributed by atoms with Crippen molar-refractivity contribution < 1.29 is 4.74 Å². The van der Waals surface area contributed by atoms with Crippen LogP contribution in [0.5, 0.6) is 0 Å². The number of guanidine groups is 1. The minimum Gasteiger partial charge on any atom is -0.381 e. The lowest BCUT2D eigenvalue weighted by atomic mass is 9.96. The molecule has 182 valence electrons. The van der Waals surface area contributed by atoms with Gasteiger partial charge in [0.15, 0.2) is 5.96 Å². The van der Waals surface area contributed by atoms with E-state index >= 15 is 0 Å². The average molecular weight is 558 g/mol. The number of anilines is 1. The number of halogens is 1. The number of rotatable bonds is 9. The normalized spacial score (nSPS) is 18.3. The number of hydrogen-bond donors (Lipinski definition) is 1. The summed E-state index contributed by atoms with van der Waals surface area (Å²) in [5.74, 6) is 1.83. The summed E-state index contributed by atoms with van der Waals surface area (Å²) in [5, 5.41) is 3.55. The Bertz CT molecular complexity index is 672. The van der Waals surface area contributed by atoms with Gasteiger partial charge in [0.25, 0.3) is 0 Å². The number of piperazine rings is 1. The maximum atomic E-state index is 5.47. The predicted octanol–water partition coefficient (Wildman–Crippen LogP) is 3.84. The fourth-order valence-corrected chi connectivity index (χ4v) is 4.62. The lowest BCUT2D eigenvalue weighted by Gasteiger charge is -2.36. The number of unbranched alkanes of at least 4 members (excludes halogenated alkanes) is 1. The van der Waals surface area contributed by atoms with Gasteiger partial charge in [0.05, 0.1) is 0 Å². The first-order chi connectivity index (χ1) is 15.2. The highest BCUT2D eigenvalue weighted by atomic mass is 127. The maximum Gasteiger partial charge on any atom is 0.193 e. The number of aliphatic imine (C=N–C) groups is 1. The molecule has 0 bridgehead atoms. The van der Waals surface area contributed by atoms with Crippen LogP contribution in [-0.2, 0) is 4.74 Å². The van der Waals surface area contributed by atoms with E-state index in [2.05, 4.69) is 63.2 Å². The number of aryl methyl sites for hydroxylation is 1. The molecule has 0 radical (unpaired) electrons. The lowest BCUT2D eigenvalue weighted by molar-refractivity contribution is 0.0625. The Labute approximate surface area is 212 Å². The molecule has 1 aromatic rings. The van der Waals surface area contributed by atoms with Crippen molar-refractivity contribution in [2.75, 3.05) is 78.0 Å². The minimum atomic E-state index is 0. The number of nitrogens with one attached hydrogen (secondary N) is 1. The summed E-state index contributed by atoms with van der Waals surface area (Å²) >= 11 is 0. The molecule has 2 heterocycles. The van der Waals surface area contributed by atoms with E-state index in [1.165, 1.54) is 49.9 Å². The molecule has 0 aromatic heterocycles. The van der Waals surface area contributed by atoms with Crippen molar-refractivity contribution in [3.05, 3.63) is 29.8 Å². The highest BCUT2D eigenvalue weighted by Crippen LogP contribution is 2.19. The fourth-order valence-electron chi connectivity index (χ4n) is 4.62. The van der Waals surface area contributed by atoms with E-state index in [1.807, 2.05) is 7.05 Å². The molecule has 2 saturated heterocycles. The number of ether oxygens (including phenoxy) is 1. The van der Waals surface area contributed by atoms with Gasteiger partial charge in [-0.2, -0.15) is 0 Å². The molecule has 1 aromatic carbocycles. The predicted molar refractivity (Wildman–Crippen MR) is 147 cm³/mol. The van der Waals surface area contributed by atoms with Gasteiger partial charge in [-0.05, 0) is 69.2 Å². The zero-order chi connectivity index (χ0) is 21.9. The van der Waals surface area contributed by atoms with Crippen molar-refractivity contribution in [1.82, 2.24) is 15.1 Å². The lowest BCUT2D eigenvalue weighted by Crippen LogP contribution is -2.46. The quantitative estimate of drug-likeness (QED) is 0.217. The van der Waals surface area contributed by atoms with Crippen molar-refractivity contribution in [2.45, 2.75) is 39.0 Å². The van der Waals surface area contributed by atoms with E-state index in [0.29, 0.717) is 0 Å². The van der Waals surface area contributed by atoms with Crippen molar-refractivity contribution in [3.8, 4) is 0 Å². The van der Waals surface area contributed by atoms with E-state index in [-0.39, 0.29) is 24.0 Å². The van der Waals surface area contributed by atoms with Crippen LogP contribution in [0.25, 0.3) is 0 Å². The van der Waals surface area contributed by atoms with Crippen LogP contribution in [0.3, 0.4) is 0 Å². The first-order valence-electron chi connectivity index (χ1n) is 12.2. The molecule has 0 spiro atoms. The van der Waals surface area contributed by atoms with Gasteiger partial charge in [0, 0.05) is 72.3 Å². The molecule has 2 aliphatic heterocycles. The summed E-state index contributed by atoms with van der Waals surface area (Å²) in [6, 6.07) is 8.88. The summed E-state index contributed by atoms with van der Waals surface area (Å²) in [6.45, 7) is 11.9. The topological polar surface area (TPSA) is 43.3 Å². The van der Waals surface area contributed by atoms with Gasteiger partial charge in [-0.1, -0.05) is 12.1 Å². The van der Waals surface area contributed by atoms with Crippen molar-refractivity contribution in [3.63, 3.8) is 0 Å². The van der Waals surface area contributed by atoms with Gasteiger partial charge in [-0.15, -0.1) is 24.0 Å². The third-order valence-electron chi connectivity index (χ3n) is 6.71. The van der Waals surface area contributed by atoms with Crippen LogP contribution in [0.4, 0.5) is 5.69 Å². The summed E-state index contributed by atoms with van der Waals surface area (Å²) in [6.07, 6.45) is 6.07. The van der Waals surface area contributed by atoms with Crippen molar-refractivity contribution in [2.24, 2.45) is 10.9 Å². The summed E-state index contributed by atoms with van der Waals surface area (Å²) in [4.78, 5) is 11.9. The molecule has 0 aliphatic carbocycles. The second kappa shape index (κ2) is 15.0. The standard InChI is InChI=1S/C25H43N5O.HI/c1-22-7-6-8-24(21-22)30-17-15-29(16-18-30)13-5-4-12-27-25(26-2)28(3)14-9-23-10-19-31-20-11-23;/h6-8,21,23H,4-5,9-20H2,1-3H3,(H,26,27);1H. The summed E-state index contributed by atoms with van der Waals surface area (Å²) in [7, 11) is 4.05. The van der Waals surface area contributed by atoms with Crippen LogP contribution in [-0.4, -0.2) is 88.9 Å². The number of nitrogens with zero attached hydrogens (tertiary/aromatic N) is 4. The van der Waals surface area contributed by atoms with Gasteiger partial charge in [0.1, 0.15) is 0 Å². The largest absolute Gasteiger partial charge is 0.381 e. The zero-order valence-corrected chi connectivity index (χ0v) is 22.7. The summed E-state index contributed by atoms with van der Waals surface area (Å²) < 4.78 is 5.47. The van der Waals surface area contributed by atoms with E-state index in [0.717, 1.165) is 64.4 Å². The molecule has 7 heteroatoms. The Morgan fingerprint density at radius 3 is 2.59 bits per heavy atom. The van der Waals surface area contributed by atoms with Crippen LogP contribution >= 0.6 is 24.0 Å². The maximum absolute atomic E-state index is 5.47. The van der Waals surface area contributed by atoms with Crippen molar-refractivity contribution in [1.29, 1.82) is 0 Å². The molecule has 0 atom stereocenters. The van der Waals surface area contributed by atoms with Crippen LogP contribution in [0, 0.1) is 12.8 Å². The Balaban J connectivity index is 0.00000363. The van der Waals surface area contributed by atoms with E-state index in [4.69, 9.17) is 4.74 Å². The minimum absolute atomic E-state index is 0. The van der Waals surface area contributed by atoms with E-state index in [9.17, 15) is 0 Å². The molecule has 32 heavy (non-hydrogen) atoms. The Morgan fingerprint density at radius 2 is 1.91 bits per heavy atom. The monoisotopic (exact) mass is 557 g/mol. The van der Waals surface area contributed by atoms with E-state index < -0.39 is 0 Å². The zero-order valence-electron chi connectivity index (χ0n) is 20.4. The van der Waals surface area contributed by atoms with Crippen LogP contribution in [0.1, 0.15) is 37.7 Å². The Kier molecular flexibility index (Phi) is 12.7. The molecule has 3 rings (SSSR count). The first-order valence-corrected chi connectivity index (χ1v) is 12.2. The van der Waals surface area contributed by atoms with Gasteiger partial charge >= 0.3 is 0 Å². The van der Waals surface area contributed by atoms with Gasteiger partial charge in [-0.3, -0.25) is 9.89 Å². The number of benzene rings is 1. The number of hydrogen-bond acceptors (Lipinski definition) is 4. The molecule has 0 amide bonds. The van der Waals surface area contributed by atoms with Crippen LogP contribution in [0.2, 0.25) is 0 Å². The Morgan fingerprint density at radius 1 is 1.16 bits per heavy atom. The van der Waals surface area contributed by atoms with Crippen LogP contribution in [0.15, 0.2) is 29.3 Å². The molecular formula is C25H44IN5O. The smallest absolute Gasteiger partial charge is 0.193 e. The van der Waals surface area contributed by atoms with Gasteiger partial charge in [-0.25, -0.2) is 0 Å². The second-order valence-corrected chi connectivity index (χ2v) is 9.11. The molecule has 0 unspecified atom stereocenters. The molecule has 2 fully saturated rings. The Hall–Kier alpha value is -1.06. The first kappa shape index (κ1) is 27.2. The average Bonchev–Trinajstić information content (AvgIpc) is 2.81. The molecule has 1 N–H and O–H groups in total. The van der Waals surface area contributed by atoms with Crippen LogP contribution < -0.4 is 10.2 Å². The summed E-state index contributed by atoms with van der Waals surface area (Å²) in [5.41, 5.74) is 2.72. The van der Waals surface area contributed by atoms with Gasteiger partial charge < -0.3 is 19.9 Å². The SMILES string of the molecule is CN=C(NCCCCN1CCN(c2cccc(C)c2)CC1)N(C)CCC1CCOCC1.I. The highest BCUT2D eigenvalue weighted by Gasteiger charge is 2.17. The van der Waals surface area contributed by atoms with E-state index in [1.54, 1.807) is 0 Å². The third-order valence-corrected chi connectivity index (χ3v) is 6.71. The van der Waals surface area contributed by atoms with Crippen molar-refractivity contribution >= 4 is 35.6 Å². The highest BCUT2D eigenvalue weighted by molar-refractivity contribution is 14.0. The van der Waals surface area contributed by atoms with Gasteiger partial charge in [0.2, 0.25) is 0 Å². The fraction of sp³-hybridized carbons (Fsp3) is 0.720. The molecule has 6 nitrogen and oxygen atoms in total. The second-order valence-electron chi connectivity index (χ2n) is 9.11. The third kappa shape index (κ3) is 9.06.